The van der Waals surface area contributed by atoms with Gasteiger partial charge in [0.05, 0.1) is 6.20 Å². The van der Waals surface area contributed by atoms with E-state index in [1.54, 1.807) is 0 Å². The number of hydrogen-bond donors (Lipinski definition) is 1. The van der Waals surface area contributed by atoms with Gasteiger partial charge in [-0.1, -0.05) is 32.6 Å². The fraction of sp³-hybridized carbons (Fsp3) is 0.824. The topological polar surface area (TPSA) is 33.1 Å². The molecule has 4 nitrogen and oxygen atoms in total. The van der Waals surface area contributed by atoms with Gasteiger partial charge in [0.15, 0.2) is 0 Å². The summed E-state index contributed by atoms with van der Waals surface area (Å²) >= 11 is 0. The second-order valence-electron chi connectivity index (χ2n) is 7.09. The van der Waals surface area contributed by atoms with Crippen molar-refractivity contribution >= 4 is 0 Å². The fourth-order valence-corrected chi connectivity index (χ4v) is 4.19. The van der Waals surface area contributed by atoms with Gasteiger partial charge in [0.25, 0.3) is 0 Å². The van der Waals surface area contributed by atoms with Gasteiger partial charge in [-0.05, 0) is 19.3 Å². The molecule has 1 atom stereocenters. The normalized spacial score (nSPS) is 26.3. The van der Waals surface area contributed by atoms with E-state index in [9.17, 15) is 0 Å². The van der Waals surface area contributed by atoms with E-state index in [0.717, 1.165) is 13.1 Å². The van der Waals surface area contributed by atoms with Crippen LogP contribution in [0.15, 0.2) is 12.4 Å². The van der Waals surface area contributed by atoms with Gasteiger partial charge in [-0.3, -0.25) is 9.58 Å². The van der Waals surface area contributed by atoms with Crippen LogP contribution >= 0.6 is 0 Å². The summed E-state index contributed by atoms with van der Waals surface area (Å²) in [5, 5.41) is 8.26. The van der Waals surface area contributed by atoms with E-state index in [-0.39, 0.29) is 0 Å². The van der Waals surface area contributed by atoms with E-state index < -0.39 is 0 Å². The Hall–Kier alpha value is -0.870. The van der Waals surface area contributed by atoms with Gasteiger partial charge in [-0.15, -0.1) is 0 Å². The second kappa shape index (κ2) is 6.49. The second-order valence-corrected chi connectivity index (χ2v) is 7.09. The molecule has 2 heterocycles. The van der Waals surface area contributed by atoms with Gasteiger partial charge in [0.2, 0.25) is 0 Å². The molecule has 1 saturated heterocycles. The Bertz CT molecular complexity index is 447. The summed E-state index contributed by atoms with van der Waals surface area (Å²) in [7, 11) is 2.01. The van der Waals surface area contributed by atoms with Crippen LogP contribution in [-0.4, -0.2) is 39.4 Å². The number of piperazine rings is 1. The molecule has 1 aromatic heterocycles. The van der Waals surface area contributed by atoms with Crippen molar-refractivity contribution in [3.63, 3.8) is 0 Å². The monoisotopic (exact) mass is 290 g/mol. The molecule has 1 aromatic rings. The number of aryl methyl sites for hydroxylation is 1. The fourth-order valence-electron chi connectivity index (χ4n) is 4.19. The summed E-state index contributed by atoms with van der Waals surface area (Å²) in [5.41, 5.74) is 1.75. The van der Waals surface area contributed by atoms with Crippen LogP contribution in [0.2, 0.25) is 0 Å². The third-order valence-electron chi connectivity index (χ3n) is 5.31. The van der Waals surface area contributed by atoms with E-state index in [1.165, 1.54) is 57.1 Å². The van der Waals surface area contributed by atoms with Gasteiger partial charge >= 0.3 is 0 Å². The third kappa shape index (κ3) is 3.49. The van der Waals surface area contributed by atoms with Crippen LogP contribution in [0.4, 0.5) is 0 Å². The molecule has 21 heavy (non-hydrogen) atoms. The van der Waals surface area contributed by atoms with Crippen LogP contribution < -0.4 is 5.32 Å². The lowest BCUT2D eigenvalue weighted by atomic mass is 9.79. The molecule has 1 unspecified atom stereocenters. The minimum absolute atomic E-state index is 0.394. The zero-order chi connectivity index (χ0) is 14.7. The summed E-state index contributed by atoms with van der Waals surface area (Å²) in [4.78, 5) is 2.72. The summed E-state index contributed by atoms with van der Waals surface area (Å²) in [5.74, 6) is 0. The Morgan fingerprint density at radius 1 is 1.33 bits per heavy atom. The molecule has 0 radical (unpaired) electrons. The maximum Gasteiger partial charge on any atom is 0.0534 e. The molecule has 2 aliphatic rings. The van der Waals surface area contributed by atoms with Crippen molar-refractivity contribution in [1.82, 2.24) is 20.0 Å². The van der Waals surface area contributed by atoms with Crippen LogP contribution in [-0.2, 0) is 13.6 Å². The first kappa shape index (κ1) is 15.0. The molecular formula is C17H30N4. The lowest BCUT2D eigenvalue weighted by Crippen LogP contribution is -2.64. The molecule has 118 valence electrons. The van der Waals surface area contributed by atoms with Crippen molar-refractivity contribution in [2.75, 3.05) is 13.1 Å². The Labute approximate surface area is 128 Å². The molecular weight excluding hydrogens is 260 g/mol. The van der Waals surface area contributed by atoms with Gasteiger partial charge in [-0.2, -0.15) is 5.10 Å². The average Bonchev–Trinajstić information content (AvgIpc) is 2.88. The zero-order valence-corrected chi connectivity index (χ0v) is 13.6. The summed E-state index contributed by atoms with van der Waals surface area (Å²) in [6, 6.07) is 0.683. The number of rotatable bonds is 4. The van der Waals surface area contributed by atoms with E-state index in [2.05, 4.69) is 28.4 Å². The minimum Gasteiger partial charge on any atom is -0.308 e. The van der Waals surface area contributed by atoms with Crippen molar-refractivity contribution in [3.8, 4) is 0 Å². The number of nitrogens with zero attached hydrogens (tertiary/aromatic N) is 3. The predicted octanol–water partition coefficient (Wildman–Crippen LogP) is 2.70. The SMILES string of the molecule is CCCC1CNC2(CCCCC2)CN1Cc1cnn(C)c1. The minimum atomic E-state index is 0.394. The Balaban J connectivity index is 1.71. The van der Waals surface area contributed by atoms with Gasteiger partial charge in [0.1, 0.15) is 0 Å². The summed E-state index contributed by atoms with van der Waals surface area (Å²) in [6.07, 6.45) is 13.7. The molecule has 0 amide bonds. The molecule has 0 bridgehead atoms. The molecule has 2 fully saturated rings. The Morgan fingerprint density at radius 3 is 2.81 bits per heavy atom. The van der Waals surface area contributed by atoms with Crippen LogP contribution in [0, 0.1) is 0 Å². The third-order valence-corrected chi connectivity index (χ3v) is 5.31. The van der Waals surface area contributed by atoms with E-state index in [4.69, 9.17) is 0 Å². The van der Waals surface area contributed by atoms with Crippen molar-refractivity contribution in [1.29, 1.82) is 0 Å². The van der Waals surface area contributed by atoms with E-state index in [1.807, 2.05) is 17.9 Å². The lowest BCUT2D eigenvalue weighted by Gasteiger charge is -2.49. The molecule has 1 aliphatic heterocycles. The van der Waals surface area contributed by atoms with Crippen molar-refractivity contribution in [2.24, 2.45) is 7.05 Å². The highest BCUT2D eigenvalue weighted by atomic mass is 15.3. The molecule has 1 aliphatic carbocycles. The van der Waals surface area contributed by atoms with E-state index in [0.29, 0.717) is 11.6 Å². The first-order chi connectivity index (χ1) is 10.2. The van der Waals surface area contributed by atoms with Crippen molar-refractivity contribution in [2.45, 2.75) is 70.0 Å². The number of nitrogens with one attached hydrogen (secondary N) is 1. The predicted molar refractivity (Wildman–Crippen MR) is 86.1 cm³/mol. The van der Waals surface area contributed by atoms with Crippen molar-refractivity contribution in [3.05, 3.63) is 18.0 Å². The van der Waals surface area contributed by atoms with Crippen LogP contribution in [0.3, 0.4) is 0 Å². The first-order valence-electron chi connectivity index (χ1n) is 8.67. The lowest BCUT2D eigenvalue weighted by molar-refractivity contribution is 0.0461. The van der Waals surface area contributed by atoms with Crippen LogP contribution in [0.25, 0.3) is 0 Å². The molecule has 1 saturated carbocycles. The maximum atomic E-state index is 4.33. The van der Waals surface area contributed by atoms with Gasteiger partial charge in [-0.25, -0.2) is 0 Å². The highest BCUT2D eigenvalue weighted by molar-refractivity contribution is 5.07. The summed E-state index contributed by atoms with van der Waals surface area (Å²) in [6.45, 7) is 5.73. The van der Waals surface area contributed by atoms with Crippen molar-refractivity contribution < 1.29 is 0 Å². The smallest absolute Gasteiger partial charge is 0.0534 e. The van der Waals surface area contributed by atoms with Gasteiger partial charge in [0, 0.05) is 50.0 Å². The largest absolute Gasteiger partial charge is 0.308 e. The van der Waals surface area contributed by atoms with Crippen LogP contribution in [0.1, 0.15) is 57.4 Å². The Morgan fingerprint density at radius 2 is 2.14 bits per heavy atom. The highest BCUT2D eigenvalue weighted by Gasteiger charge is 2.39. The zero-order valence-electron chi connectivity index (χ0n) is 13.6. The Kier molecular flexibility index (Phi) is 4.65. The molecule has 1 spiro atoms. The quantitative estimate of drug-likeness (QED) is 0.925. The molecule has 0 aromatic carbocycles. The van der Waals surface area contributed by atoms with E-state index >= 15 is 0 Å². The van der Waals surface area contributed by atoms with Gasteiger partial charge < -0.3 is 5.32 Å². The number of aromatic nitrogens is 2. The summed E-state index contributed by atoms with van der Waals surface area (Å²) < 4.78 is 1.92. The standard InChI is InChI=1S/C17H30N4/c1-3-7-16-11-18-17(8-5-4-6-9-17)14-21(16)13-15-10-19-20(2)12-15/h10,12,16,18H,3-9,11,13-14H2,1-2H3. The highest BCUT2D eigenvalue weighted by Crippen LogP contribution is 2.33. The molecule has 3 rings (SSSR count). The average molecular weight is 290 g/mol. The molecule has 4 heteroatoms. The maximum absolute atomic E-state index is 4.33. The number of hydrogen-bond acceptors (Lipinski definition) is 3. The van der Waals surface area contributed by atoms with Crippen LogP contribution in [0.5, 0.6) is 0 Å². The first-order valence-corrected chi connectivity index (χ1v) is 8.67. The molecule has 1 N–H and O–H groups in total.